The van der Waals surface area contributed by atoms with Gasteiger partial charge in [0.15, 0.2) is 0 Å². The van der Waals surface area contributed by atoms with Gasteiger partial charge in [0.1, 0.15) is 29.9 Å². The summed E-state index contributed by atoms with van der Waals surface area (Å²) in [6.07, 6.45) is -4.56. The Morgan fingerprint density at radius 3 is 2.40 bits per heavy atom. The largest absolute Gasteiger partial charge is 0.394 e. The Hall–Kier alpha value is -1.66. The van der Waals surface area contributed by atoms with Crippen LogP contribution in [0.15, 0.2) is 53.4 Å². The highest BCUT2D eigenvalue weighted by atomic mass is 35.5. The molecule has 2 heterocycles. The van der Waals surface area contributed by atoms with Gasteiger partial charge < -0.3 is 30.5 Å². The van der Waals surface area contributed by atoms with Gasteiger partial charge in [0.25, 0.3) is 0 Å². The zero-order valence-electron chi connectivity index (χ0n) is 18.1. The first kappa shape index (κ1) is 26.4. The summed E-state index contributed by atoms with van der Waals surface area (Å²) in [5.41, 5.74) is 6.84. The molecule has 0 amide bonds. The van der Waals surface area contributed by atoms with Gasteiger partial charge in [0.05, 0.1) is 34.6 Å². The molecule has 35 heavy (non-hydrogen) atoms. The van der Waals surface area contributed by atoms with E-state index < -0.39 is 36.5 Å². The van der Waals surface area contributed by atoms with Crippen LogP contribution in [0.2, 0.25) is 15.1 Å². The van der Waals surface area contributed by atoms with Crippen LogP contribution in [-0.4, -0.2) is 61.7 Å². The van der Waals surface area contributed by atoms with E-state index in [1.165, 1.54) is 11.8 Å². The lowest BCUT2D eigenvalue weighted by Gasteiger charge is -2.41. The molecule has 1 saturated heterocycles. The number of benzene rings is 2. The van der Waals surface area contributed by atoms with Crippen molar-refractivity contribution >= 4 is 52.5 Å². The summed E-state index contributed by atoms with van der Waals surface area (Å²) in [5.74, 6) is 0.0467. The quantitative estimate of drug-likeness (QED) is 0.342. The van der Waals surface area contributed by atoms with Gasteiger partial charge >= 0.3 is 0 Å². The van der Waals surface area contributed by atoms with E-state index in [1.54, 1.807) is 48.5 Å². The summed E-state index contributed by atoms with van der Waals surface area (Å²) in [5, 5.41) is 32.7. The monoisotopic (exact) mass is 557 g/mol. The number of thioether (sulfide) groups is 1. The van der Waals surface area contributed by atoms with E-state index in [-0.39, 0.29) is 12.6 Å². The topological polar surface area (TPSA) is 131 Å². The van der Waals surface area contributed by atoms with Crippen molar-refractivity contribution in [2.45, 2.75) is 41.4 Å². The third kappa shape index (κ3) is 6.37. The smallest absolute Gasteiger partial charge is 0.220 e. The third-order valence-corrected chi connectivity index (χ3v) is 7.46. The number of ether oxygens (including phenoxy) is 2. The number of nitrogens with two attached hydrogens (primary N) is 1. The Morgan fingerprint density at radius 2 is 1.71 bits per heavy atom. The number of halogens is 3. The maximum atomic E-state index is 10.9. The van der Waals surface area contributed by atoms with Crippen molar-refractivity contribution in [1.82, 2.24) is 9.97 Å². The summed E-state index contributed by atoms with van der Waals surface area (Å²) < 4.78 is 11.6. The normalized spacial score (nSPS) is 24.5. The summed E-state index contributed by atoms with van der Waals surface area (Å²) in [4.78, 5) is 9.13. The summed E-state index contributed by atoms with van der Waals surface area (Å²) in [7, 11) is 0. The van der Waals surface area contributed by atoms with Gasteiger partial charge in [-0.05, 0) is 36.4 Å². The van der Waals surface area contributed by atoms with Crippen molar-refractivity contribution < 1.29 is 24.8 Å². The first-order chi connectivity index (χ1) is 16.7. The van der Waals surface area contributed by atoms with Gasteiger partial charge in [-0.1, -0.05) is 58.7 Å². The number of rotatable bonds is 7. The lowest BCUT2D eigenvalue weighted by atomic mass is 10.00. The maximum absolute atomic E-state index is 10.9. The van der Waals surface area contributed by atoms with Crippen LogP contribution in [0.4, 0.5) is 5.95 Å². The van der Waals surface area contributed by atoms with Crippen molar-refractivity contribution in [3.05, 3.63) is 69.3 Å². The molecule has 1 aromatic heterocycles. The fourth-order valence-electron chi connectivity index (χ4n) is 3.57. The van der Waals surface area contributed by atoms with Crippen LogP contribution >= 0.6 is 46.6 Å². The van der Waals surface area contributed by atoms with Crippen molar-refractivity contribution in [3.63, 3.8) is 0 Å². The van der Waals surface area contributed by atoms with E-state index in [4.69, 9.17) is 50.0 Å². The summed E-state index contributed by atoms with van der Waals surface area (Å²) in [6, 6.07) is 13.8. The van der Waals surface area contributed by atoms with Crippen molar-refractivity contribution in [3.8, 4) is 11.3 Å². The van der Waals surface area contributed by atoms with Gasteiger partial charge in [-0.15, -0.1) is 0 Å². The SMILES string of the molecule is Nc1nc(COC2C(O)C(CO)OC(Sc3ccc(Cl)c(Cl)c3)C2O)cc(-c2ccc(Cl)cc2)n1. The van der Waals surface area contributed by atoms with Crippen LogP contribution in [0.3, 0.4) is 0 Å². The fourth-order valence-corrected chi connectivity index (χ4v) is 5.16. The Balaban J connectivity index is 1.51. The van der Waals surface area contributed by atoms with Gasteiger partial charge in [0.2, 0.25) is 5.95 Å². The molecule has 5 N–H and O–H groups in total. The van der Waals surface area contributed by atoms with Crippen molar-refractivity contribution in [2.75, 3.05) is 12.3 Å². The molecule has 0 aliphatic carbocycles. The molecular weight excluding hydrogens is 537 g/mol. The van der Waals surface area contributed by atoms with Crippen LogP contribution in [-0.2, 0) is 16.1 Å². The van der Waals surface area contributed by atoms with Crippen LogP contribution in [0.1, 0.15) is 5.69 Å². The average Bonchev–Trinajstić information content (AvgIpc) is 2.83. The molecule has 0 saturated carbocycles. The lowest BCUT2D eigenvalue weighted by Crippen LogP contribution is -2.58. The van der Waals surface area contributed by atoms with E-state index in [9.17, 15) is 15.3 Å². The number of hydrogen-bond acceptors (Lipinski definition) is 9. The number of aromatic nitrogens is 2. The number of anilines is 1. The molecule has 8 nitrogen and oxygen atoms in total. The molecule has 0 radical (unpaired) electrons. The number of aliphatic hydroxyl groups excluding tert-OH is 3. The standard InChI is InChI=1S/C23H22Cl3N3O5S/c24-12-3-1-11(2-4-12)17-7-13(28-23(27)29-17)10-33-21-19(31)18(9-30)34-22(20(21)32)35-14-5-6-15(25)16(26)8-14/h1-8,18-22,30-32H,9-10H2,(H2,27,28,29). The van der Waals surface area contributed by atoms with E-state index in [0.29, 0.717) is 31.4 Å². The predicted molar refractivity (Wildman–Crippen MR) is 136 cm³/mol. The Labute approximate surface area is 221 Å². The molecule has 1 aliphatic rings. The molecule has 12 heteroatoms. The molecule has 1 aliphatic heterocycles. The molecule has 1 fully saturated rings. The lowest BCUT2D eigenvalue weighted by molar-refractivity contribution is -0.223. The van der Waals surface area contributed by atoms with Crippen LogP contribution in [0.25, 0.3) is 11.3 Å². The summed E-state index contributed by atoms with van der Waals surface area (Å²) in [6.45, 7) is -0.540. The molecule has 3 aromatic rings. The first-order valence-corrected chi connectivity index (χ1v) is 12.5. The van der Waals surface area contributed by atoms with Crippen molar-refractivity contribution in [2.24, 2.45) is 0 Å². The molecular formula is C23H22Cl3N3O5S. The van der Waals surface area contributed by atoms with Crippen LogP contribution in [0, 0.1) is 0 Å². The minimum atomic E-state index is -1.28. The van der Waals surface area contributed by atoms with E-state index >= 15 is 0 Å². The molecule has 5 atom stereocenters. The fraction of sp³-hybridized carbons (Fsp3) is 0.304. The Bertz CT molecular complexity index is 1170. The van der Waals surface area contributed by atoms with Gasteiger partial charge in [-0.25, -0.2) is 9.97 Å². The highest BCUT2D eigenvalue weighted by Crippen LogP contribution is 2.37. The molecule has 4 rings (SSSR count). The minimum Gasteiger partial charge on any atom is -0.394 e. The predicted octanol–water partition coefficient (Wildman–Crippen LogP) is 3.80. The number of aliphatic hydroxyl groups is 3. The number of nitrogens with zero attached hydrogens (tertiary/aromatic N) is 2. The van der Waals surface area contributed by atoms with Crippen LogP contribution < -0.4 is 5.73 Å². The molecule has 0 bridgehead atoms. The zero-order chi connectivity index (χ0) is 25.1. The van der Waals surface area contributed by atoms with Gasteiger partial charge in [-0.2, -0.15) is 0 Å². The first-order valence-electron chi connectivity index (χ1n) is 10.5. The second-order valence-electron chi connectivity index (χ2n) is 7.79. The molecule has 5 unspecified atom stereocenters. The molecule has 2 aromatic carbocycles. The third-order valence-electron chi connectivity index (χ3n) is 5.33. The van der Waals surface area contributed by atoms with E-state index in [2.05, 4.69) is 9.97 Å². The number of nitrogen functional groups attached to an aromatic ring is 1. The number of hydrogen-bond donors (Lipinski definition) is 4. The van der Waals surface area contributed by atoms with Gasteiger partial charge in [0, 0.05) is 15.5 Å². The molecule has 0 spiro atoms. The Morgan fingerprint density at radius 1 is 0.971 bits per heavy atom. The zero-order valence-corrected chi connectivity index (χ0v) is 21.2. The maximum Gasteiger partial charge on any atom is 0.220 e. The summed E-state index contributed by atoms with van der Waals surface area (Å²) >= 11 is 19.2. The highest BCUT2D eigenvalue weighted by molar-refractivity contribution is 7.99. The Kier molecular flexibility index (Phi) is 8.75. The van der Waals surface area contributed by atoms with E-state index in [1.807, 2.05) is 0 Å². The second kappa shape index (κ2) is 11.6. The second-order valence-corrected chi connectivity index (χ2v) is 10.2. The van der Waals surface area contributed by atoms with Crippen molar-refractivity contribution in [1.29, 1.82) is 0 Å². The van der Waals surface area contributed by atoms with Crippen LogP contribution in [0.5, 0.6) is 0 Å². The van der Waals surface area contributed by atoms with E-state index in [0.717, 1.165) is 5.56 Å². The average molecular weight is 559 g/mol. The highest BCUT2D eigenvalue weighted by Gasteiger charge is 2.45. The molecule has 186 valence electrons. The van der Waals surface area contributed by atoms with Gasteiger partial charge in [-0.3, -0.25) is 0 Å². The minimum absolute atomic E-state index is 0.0467.